The maximum absolute atomic E-state index is 14.0. The monoisotopic (exact) mass is 1110 g/mol. The molecule has 2 aliphatic heterocycles. The van der Waals surface area contributed by atoms with Crippen molar-refractivity contribution in [1.82, 2.24) is 25.3 Å². The van der Waals surface area contributed by atoms with Crippen LogP contribution in [0.2, 0.25) is 0 Å². The van der Waals surface area contributed by atoms with Crippen molar-refractivity contribution in [3.8, 4) is 17.7 Å². The minimum absolute atomic E-state index is 0.00904. The largest absolute Gasteiger partial charge is 0.462 e. The second-order valence-corrected chi connectivity index (χ2v) is 23.1. The smallest absolute Gasteiger partial charge is 0.410 e. The number of aromatic nitrogens is 2. The number of esters is 4. The zero-order chi connectivity index (χ0) is 61.8. The first kappa shape index (κ1) is 55.6. The van der Waals surface area contributed by atoms with Crippen molar-refractivity contribution >= 4 is 58.8 Å². The molecular weight excluding hydrogens is 1030 g/mol. The molecule has 2 fully saturated rings. The summed E-state index contributed by atoms with van der Waals surface area (Å²) in [5, 5.41) is 10.5. The summed E-state index contributed by atoms with van der Waals surface area (Å²) in [7, 11) is 0. The molecule has 4 aromatic rings. The van der Waals surface area contributed by atoms with Gasteiger partial charge in [-0.1, -0.05) is 72.5 Å². The molecule has 1 aromatic heterocycles. The van der Waals surface area contributed by atoms with E-state index in [9.17, 15) is 33.6 Å². The number of ether oxygens (including phenoxy) is 7. The van der Waals surface area contributed by atoms with Crippen molar-refractivity contribution < 1.29 is 72.2 Å². The van der Waals surface area contributed by atoms with Crippen LogP contribution in [-0.2, 0) is 63.8 Å². The maximum Gasteiger partial charge on any atom is 0.410 e. The Labute approximate surface area is 474 Å². The van der Waals surface area contributed by atoms with Crippen LogP contribution < -0.4 is 10.1 Å². The fourth-order valence-electron chi connectivity index (χ4n) is 7.92. The molecule has 80 heavy (non-hydrogen) atoms. The highest BCUT2D eigenvalue weighted by Crippen LogP contribution is 2.37. The molecule has 6 rings (SSSR count). The highest BCUT2D eigenvalue weighted by molar-refractivity contribution is 5.92. The molecule has 3 heterocycles. The molecule has 3 amide bonds. The number of rotatable bonds is 14. The topological polar surface area (TPSA) is 231 Å². The van der Waals surface area contributed by atoms with Crippen LogP contribution in [0.1, 0.15) is 131 Å². The molecule has 3 aromatic carbocycles. The molecule has 430 valence electrons. The van der Waals surface area contributed by atoms with Crippen molar-refractivity contribution in [3.63, 3.8) is 0 Å². The molecule has 0 spiro atoms. The molecule has 2 saturated heterocycles. The van der Waals surface area contributed by atoms with Crippen molar-refractivity contribution in [2.75, 3.05) is 32.8 Å². The molecule has 19 nitrogen and oxygen atoms in total. The van der Waals surface area contributed by atoms with Gasteiger partial charge in [0.05, 0.1) is 32.6 Å². The number of aromatic amines is 1. The third-order valence-electron chi connectivity index (χ3n) is 12.6. The standard InChI is InChI=1S/C61H77N5O14/c1-57(2,3)52(69)74-37-43-46(77-53(70)58(4,5)6)47(78-54(71)59(7,8)9)48(79-55(72)60(10,11)12)50(76-43)80-49-45-41(23-19-24-42(45)63-64-49)31-30-39-28-26-38(27-29-39)22-18-25-44(67)62-61(13,14)51(68)65-32-34-66(35-33-65)56(73)75-36-40-20-16-15-17-21-40/h15-24,26-29,43,46-48,50H,25,32-37H2,1-14H3,(H,62,67)(H,63,64)/b22-18+/t43-,46-,47+,48-,50?/m1/s1/i1D,4D,7D,10D. The molecule has 0 bridgehead atoms. The number of hydrogen-bond donors (Lipinski definition) is 2. The fourth-order valence-corrected chi connectivity index (χ4v) is 7.92. The quantitative estimate of drug-likeness (QED) is 0.0687. The number of carbonyl (C=O) groups is 7. The number of carbonyl (C=O) groups excluding carboxylic acids is 7. The summed E-state index contributed by atoms with van der Waals surface area (Å²) in [5.74, 6) is 1.92. The Morgan fingerprint density at radius 2 is 1.26 bits per heavy atom. The number of amides is 3. The average molecular weight is 1110 g/mol. The third kappa shape index (κ3) is 16.4. The zero-order valence-corrected chi connectivity index (χ0v) is 47.3. The van der Waals surface area contributed by atoms with Crippen LogP contribution in [0.15, 0.2) is 78.9 Å². The predicted molar refractivity (Wildman–Crippen MR) is 297 cm³/mol. The first-order valence-corrected chi connectivity index (χ1v) is 26.2. The summed E-state index contributed by atoms with van der Waals surface area (Å²) >= 11 is 0. The highest BCUT2D eigenvalue weighted by Gasteiger charge is 2.56. The summed E-state index contributed by atoms with van der Waals surface area (Å²) < 4.78 is 74.6. The molecule has 2 N–H and O–H groups in total. The van der Waals surface area contributed by atoms with Crippen molar-refractivity contribution in [3.05, 3.63) is 101 Å². The lowest BCUT2D eigenvalue weighted by atomic mass is 9.93. The van der Waals surface area contributed by atoms with E-state index >= 15 is 0 Å². The average Bonchev–Trinajstić information content (AvgIpc) is 3.81. The summed E-state index contributed by atoms with van der Waals surface area (Å²) in [4.78, 5) is 97.7. The van der Waals surface area contributed by atoms with Gasteiger partial charge in [-0.25, -0.2) is 4.79 Å². The minimum atomic E-state index is -1.78. The summed E-state index contributed by atoms with van der Waals surface area (Å²) in [6.45, 7) is 14.1. The van der Waals surface area contributed by atoms with E-state index in [1.54, 1.807) is 66.1 Å². The van der Waals surface area contributed by atoms with E-state index in [4.69, 9.17) is 38.6 Å². The number of benzene rings is 3. The van der Waals surface area contributed by atoms with Gasteiger partial charge < -0.3 is 48.3 Å². The van der Waals surface area contributed by atoms with Gasteiger partial charge in [0.15, 0.2) is 12.2 Å². The number of fused-ring (bicyclic) bond motifs is 1. The van der Waals surface area contributed by atoms with Crippen LogP contribution in [0.3, 0.4) is 0 Å². The van der Waals surface area contributed by atoms with Gasteiger partial charge in [0.25, 0.3) is 0 Å². The van der Waals surface area contributed by atoms with Crippen LogP contribution in [-0.4, -0.2) is 131 Å². The van der Waals surface area contributed by atoms with E-state index in [-0.39, 0.29) is 37.6 Å². The van der Waals surface area contributed by atoms with Gasteiger partial charge >= 0.3 is 30.0 Å². The number of piperazine rings is 1. The lowest BCUT2D eigenvalue weighted by Gasteiger charge is -2.45. The fraction of sp³-hybridized carbons (Fsp3) is 0.508. The predicted octanol–water partition coefficient (Wildman–Crippen LogP) is 8.31. The lowest BCUT2D eigenvalue weighted by Crippen LogP contribution is -2.65. The Balaban J connectivity index is 1.20. The number of nitrogens with one attached hydrogen (secondary N) is 2. The molecule has 0 radical (unpaired) electrons. The summed E-state index contributed by atoms with van der Waals surface area (Å²) in [6.07, 6.45) is -5.56. The summed E-state index contributed by atoms with van der Waals surface area (Å²) in [6, 6.07) is 21.7. The molecule has 19 heteroatoms. The van der Waals surface area contributed by atoms with E-state index in [2.05, 4.69) is 27.4 Å². The molecular formula is C61H77N5O14. The summed E-state index contributed by atoms with van der Waals surface area (Å²) in [5.41, 5.74) is -3.69. The molecule has 5 atom stereocenters. The second-order valence-electron chi connectivity index (χ2n) is 23.1. The van der Waals surface area contributed by atoms with Crippen LogP contribution in [0.4, 0.5) is 4.79 Å². The second kappa shape index (κ2) is 25.2. The minimum Gasteiger partial charge on any atom is -0.462 e. The first-order chi connectivity index (χ1) is 39.6. The maximum atomic E-state index is 14.0. The zero-order valence-electron chi connectivity index (χ0n) is 51.3. The number of nitrogens with zero attached hydrogens (tertiary/aromatic N) is 3. The van der Waals surface area contributed by atoms with E-state index in [0.717, 1.165) is 11.1 Å². The first-order valence-electron chi connectivity index (χ1n) is 29.0. The Morgan fingerprint density at radius 1 is 0.688 bits per heavy atom. The van der Waals surface area contributed by atoms with Crippen molar-refractivity contribution in [2.45, 2.75) is 146 Å². The van der Waals surface area contributed by atoms with E-state index in [0.29, 0.717) is 48.2 Å². The van der Waals surface area contributed by atoms with E-state index in [1.807, 2.05) is 42.5 Å². The van der Waals surface area contributed by atoms with Crippen LogP contribution >= 0.6 is 0 Å². The normalized spacial score (nSPS) is 19.7. The van der Waals surface area contributed by atoms with E-state index < -0.39 is 115 Å². The molecule has 1 unspecified atom stereocenters. The van der Waals surface area contributed by atoms with Crippen LogP contribution in [0.5, 0.6) is 5.88 Å². The van der Waals surface area contributed by atoms with Crippen LogP contribution in [0.25, 0.3) is 17.0 Å². The van der Waals surface area contributed by atoms with Crippen molar-refractivity contribution in [2.24, 2.45) is 21.7 Å². The van der Waals surface area contributed by atoms with Gasteiger partial charge in [-0.15, -0.1) is 5.10 Å². The van der Waals surface area contributed by atoms with Gasteiger partial charge in [0.1, 0.15) is 24.9 Å². The number of H-pyrrole nitrogens is 1. The Morgan fingerprint density at radius 3 is 1.88 bits per heavy atom. The van der Waals surface area contributed by atoms with Crippen molar-refractivity contribution in [1.29, 1.82) is 0 Å². The third-order valence-corrected chi connectivity index (χ3v) is 12.6. The Bertz CT molecular complexity index is 3090. The highest BCUT2D eigenvalue weighted by atomic mass is 16.7. The number of hydrogen-bond acceptors (Lipinski definition) is 15. The van der Waals surface area contributed by atoms with Gasteiger partial charge in [0, 0.05) is 49.2 Å². The SMILES string of the molecule is [2H]CC(C)(C)C(=O)OC[C@H]1OC(Oc2n[nH]c3cccc(C#Cc4ccc(/C=C/CC(=O)NC(C)(C)C(=O)N5CCN(C(=O)OCc6ccccc6)CC5)cc4)c23)[C@H](OC(=O)C(C)(C)C[2H])[C@@H](OC(=O)C(C)(C)C[2H])[C@@H]1OC(=O)C(C)(C)C[2H]. The van der Waals surface area contributed by atoms with Gasteiger partial charge in [-0.3, -0.25) is 33.9 Å². The molecule has 2 aliphatic rings. The Kier molecular flexibility index (Phi) is 17.5. The lowest BCUT2D eigenvalue weighted by molar-refractivity contribution is -0.294. The van der Waals surface area contributed by atoms with Gasteiger partial charge in [-0.2, -0.15) is 0 Å². The molecule has 0 saturated carbocycles. The van der Waals surface area contributed by atoms with Gasteiger partial charge in [-0.05, 0) is 132 Å². The van der Waals surface area contributed by atoms with Crippen LogP contribution in [0, 0.1) is 33.5 Å². The van der Waals surface area contributed by atoms with Gasteiger partial charge in [0.2, 0.25) is 30.1 Å². The molecule has 0 aliphatic carbocycles. The van der Waals surface area contributed by atoms with E-state index in [1.165, 1.54) is 55.4 Å². The Hall–Kier alpha value is -7.72.